The van der Waals surface area contributed by atoms with Gasteiger partial charge in [-0.15, -0.1) is 0 Å². The Labute approximate surface area is 252 Å². The van der Waals surface area contributed by atoms with Gasteiger partial charge >= 0.3 is 94.4 Å². The first-order valence-corrected chi connectivity index (χ1v) is 12.0. The minimum absolute atomic E-state index is 0. The van der Waals surface area contributed by atoms with Gasteiger partial charge in [0.15, 0.2) is 6.23 Å². The molecule has 1 fully saturated rings. The molecule has 5 N–H and O–H groups in total. The predicted octanol–water partition coefficient (Wildman–Crippen LogP) is -12.8. The quantitative estimate of drug-likeness (QED) is 0.169. The number of hydrogen-bond acceptors (Lipinski definition) is 15. The molecule has 2 heterocycles. The SMILES string of the molecule is Cc1cn([C@@H]2O[C@H](COP(=O)([O-])OP(=O)([O-])OP(=O)([O-])O)[C@H](O)[C@@H]2O)c(=O)nc1N.[Na+].[Na+].[Na+]. The van der Waals surface area contributed by atoms with E-state index in [-0.39, 0.29) is 94.5 Å². The van der Waals surface area contributed by atoms with Gasteiger partial charge in [0, 0.05) is 11.8 Å². The van der Waals surface area contributed by atoms with Gasteiger partial charge in [-0.1, -0.05) is 0 Å². The largest absolute Gasteiger partial charge is 1.00 e. The zero-order chi connectivity index (χ0) is 23.1. The average molecular weight is 563 g/mol. The predicted molar refractivity (Wildman–Crippen MR) is 86.7 cm³/mol. The van der Waals surface area contributed by atoms with Crippen LogP contribution >= 0.6 is 23.5 Å². The Morgan fingerprint density at radius 1 is 1.12 bits per heavy atom. The summed E-state index contributed by atoms with van der Waals surface area (Å²) in [7, 11) is -17.8. The molecular weight excluding hydrogens is 548 g/mol. The van der Waals surface area contributed by atoms with Gasteiger partial charge in [-0.05, 0) is 6.92 Å². The van der Waals surface area contributed by atoms with Crippen LogP contribution in [0.5, 0.6) is 0 Å². The third-order valence-electron chi connectivity index (χ3n) is 3.59. The Kier molecular flexibility index (Phi) is 16.0. The Morgan fingerprint density at radius 3 is 2.18 bits per heavy atom. The molecule has 1 aliphatic rings. The number of anilines is 1. The molecule has 1 aromatic rings. The fourth-order valence-electron chi connectivity index (χ4n) is 2.31. The molecule has 0 radical (unpaired) electrons. The van der Waals surface area contributed by atoms with Crippen LogP contribution in [0.2, 0.25) is 0 Å². The van der Waals surface area contributed by atoms with Crippen LogP contribution in [0.3, 0.4) is 0 Å². The van der Waals surface area contributed by atoms with Crippen LogP contribution in [-0.2, 0) is 31.6 Å². The Bertz CT molecular complexity index is 1010. The van der Waals surface area contributed by atoms with Gasteiger partial charge < -0.3 is 44.8 Å². The van der Waals surface area contributed by atoms with Crippen LogP contribution in [0.25, 0.3) is 0 Å². The summed E-state index contributed by atoms with van der Waals surface area (Å²) in [5.74, 6) is -0.0941. The van der Waals surface area contributed by atoms with Crippen LogP contribution in [0.4, 0.5) is 5.82 Å². The third kappa shape index (κ3) is 11.1. The molecule has 23 heteroatoms. The normalized spacial score (nSPS) is 27.6. The summed E-state index contributed by atoms with van der Waals surface area (Å²) in [4.78, 5) is 56.7. The second-order valence-electron chi connectivity index (χ2n) is 5.87. The summed E-state index contributed by atoms with van der Waals surface area (Å²) < 4.78 is 49.7. The van der Waals surface area contributed by atoms with E-state index in [1.165, 1.54) is 6.92 Å². The minimum Gasteiger partial charge on any atom is -0.756 e. The number of nitrogens with zero attached hydrogens (tertiary/aromatic N) is 2. The molecular formula is C10H15N3Na3O14P3. The smallest absolute Gasteiger partial charge is 0.756 e. The van der Waals surface area contributed by atoms with Crippen molar-refractivity contribution in [1.82, 2.24) is 9.55 Å². The molecule has 0 saturated carbocycles. The maximum absolute atomic E-state index is 11.9. The van der Waals surface area contributed by atoms with Crippen molar-refractivity contribution in [3.05, 3.63) is 22.2 Å². The number of ether oxygens (including phenoxy) is 1. The zero-order valence-electron chi connectivity index (χ0n) is 17.7. The molecule has 0 spiro atoms. The van der Waals surface area contributed by atoms with Crippen LogP contribution in [0, 0.1) is 6.92 Å². The van der Waals surface area contributed by atoms with E-state index in [9.17, 15) is 43.4 Å². The second kappa shape index (κ2) is 14.2. The summed E-state index contributed by atoms with van der Waals surface area (Å²) in [5.41, 5.74) is 4.84. The molecule has 0 aromatic carbocycles. The molecule has 3 unspecified atom stereocenters. The van der Waals surface area contributed by atoms with Gasteiger partial charge in [0.1, 0.15) is 24.1 Å². The standard InChI is InChI=1S/C10H18N3O14P3.3Na/c1-4-2-13(10(16)12-8(4)11)9-7(15)6(14)5(25-9)3-24-29(20,21)27-30(22,23)26-28(17,18)19;;;/h2,5-7,9,14-15H,3H2,1H3,(H,20,21)(H,22,23)(H2,11,12,16)(H2,17,18,19);;;/q;3*+1/p-3/t5-,6+,7+,9-;;;/m1.../s1. The number of aryl methyl sites for hydroxylation is 1. The van der Waals surface area contributed by atoms with Crippen molar-refractivity contribution in [2.24, 2.45) is 0 Å². The summed E-state index contributed by atoms with van der Waals surface area (Å²) >= 11 is 0. The molecule has 1 aromatic heterocycles. The number of aliphatic hydroxyl groups is 2. The molecule has 2 rings (SSSR count). The first kappa shape index (κ1) is 37.1. The number of nitrogen functional groups attached to an aromatic ring is 1. The zero-order valence-corrected chi connectivity index (χ0v) is 26.4. The number of hydrogen-bond donors (Lipinski definition) is 4. The number of aliphatic hydroxyl groups excluding tert-OH is 2. The fraction of sp³-hybridized carbons (Fsp3) is 0.600. The van der Waals surface area contributed by atoms with Gasteiger partial charge in [-0.25, -0.2) is 13.4 Å². The molecule has 172 valence electrons. The van der Waals surface area contributed by atoms with E-state index in [0.717, 1.165) is 10.8 Å². The van der Waals surface area contributed by atoms with Gasteiger partial charge in [-0.2, -0.15) is 4.98 Å². The third-order valence-corrected chi connectivity index (χ3v) is 7.28. The molecule has 0 aliphatic carbocycles. The van der Waals surface area contributed by atoms with Gasteiger partial charge in [0.05, 0.1) is 6.61 Å². The Hall–Kier alpha value is 1.97. The molecule has 0 amide bonds. The molecule has 33 heavy (non-hydrogen) atoms. The van der Waals surface area contributed by atoms with E-state index in [1.54, 1.807) is 0 Å². The number of aromatic nitrogens is 2. The summed E-state index contributed by atoms with van der Waals surface area (Å²) in [5, 5.41) is 20.1. The number of phosphoric acid groups is 3. The molecule has 1 saturated heterocycles. The average Bonchev–Trinajstić information content (AvgIpc) is 2.81. The van der Waals surface area contributed by atoms with Crippen molar-refractivity contribution in [3.63, 3.8) is 0 Å². The minimum atomic E-state index is -6.10. The van der Waals surface area contributed by atoms with Crippen molar-refractivity contribution in [2.45, 2.75) is 31.5 Å². The summed E-state index contributed by atoms with van der Waals surface area (Å²) in [6.45, 7) is 0.359. The number of rotatable bonds is 8. The summed E-state index contributed by atoms with van der Waals surface area (Å²) in [6, 6.07) is 0. The van der Waals surface area contributed by atoms with E-state index in [0.29, 0.717) is 5.56 Å². The first-order valence-electron chi connectivity index (χ1n) is 7.61. The number of phosphoric ester groups is 1. The van der Waals surface area contributed by atoms with E-state index in [1.807, 2.05) is 0 Å². The fourth-order valence-corrected chi connectivity index (χ4v) is 5.21. The second-order valence-corrected chi connectivity index (χ2v) is 10.2. The van der Waals surface area contributed by atoms with Crippen molar-refractivity contribution in [1.29, 1.82) is 0 Å². The molecule has 17 nitrogen and oxygen atoms in total. The van der Waals surface area contributed by atoms with E-state index < -0.39 is 60.3 Å². The van der Waals surface area contributed by atoms with Crippen molar-refractivity contribution in [2.75, 3.05) is 12.3 Å². The maximum atomic E-state index is 11.9. The van der Waals surface area contributed by atoms with Crippen molar-refractivity contribution in [3.8, 4) is 0 Å². The van der Waals surface area contributed by atoms with Gasteiger partial charge in [0.25, 0.3) is 23.5 Å². The maximum Gasteiger partial charge on any atom is 1.00 e. The van der Waals surface area contributed by atoms with E-state index in [4.69, 9.17) is 15.4 Å². The Balaban J connectivity index is 0. The monoisotopic (exact) mass is 563 g/mol. The van der Waals surface area contributed by atoms with Crippen LogP contribution in [-0.4, -0.2) is 49.6 Å². The topological polar surface area (TPSA) is 279 Å². The van der Waals surface area contributed by atoms with Crippen LogP contribution in [0.15, 0.2) is 11.0 Å². The van der Waals surface area contributed by atoms with Gasteiger partial charge in [0.2, 0.25) is 0 Å². The molecule has 7 atom stereocenters. The summed E-state index contributed by atoms with van der Waals surface area (Å²) in [6.07, 6.45) is -5.56. The molecule has 1 aliphatic heterocycles. The van der Waals surface area contributed by atoms with Crippen LogP contribution < -0.4 is 115 Å². The molecule has 0 bridgehead atoms. The van der Waals surface area contributed by atoms with Crippen molar-refractivity contribution < 1.29 is 150 Å². The first-order chi connectivity index (χ1) is 13.5. The van der Waals surface area contributed by atoms with E-state index >= 15 is 0 Å². The van der Waals surface area contributed by atoms with Crippen LogP contribution in [0.1, 0.15) is 11.8 Å². The van der Waals surface area contributed by atoms with E-state index in [2.05, 4.69) is 18.1 Å². The van der Waals surface area contributed by atoms with Crippen molar-refractivity contribution >= 4 is 29.3 Å². The Morgan fingerprint density at radius 2 is 1.67 bits per heavy atom. The van der Waals surface area contributed by atoms with Gasteiger partial charge in [-0.3, -0.25) is 18.3 Å². The number of nitrogens with two attached hydrogens (primary N) is 1.